The van der Waals surface area contributed by atoms with Crippen molar-refractivity contribution in [2.75, 3.05) is 7.11 Å². The first-order valence-electron chi connectivity index (χ1n) is 11.0. The van der Waals surface area contributed by atoms with Crippen molar-refractivity contribution in [3.05, 3.63) is 89.0 Å². The maximum atomic E-state index is 14.1. The second-order valence-electron chi connectivity index (χ2n) is 7.91. The van der Waals surface area contributed by atoms with Gasteiger partial charge in [-0.3, -0.25) is 14.4 Å². The number of aliphatic imine (C=N–C) groups is 1. The topological polar surface area (TPSA) is 130 Å². The Hall–Kier alpha value is -4.77. The predicted molar refractivity (Wildman–Crippen MR) is 137 cm³/mol. The molecule has 2 unspecified atom stereocenters. The first-order valence-corrected chi connectivity index (χ1v) is 11.0. The molecule has 4 rings (SSSR count). The molecular weight excluding hydrogens is 440 g/mol. The van der Waals surface area contributed by atoms with Crippen LogP contribution in [0.15, 0.2) is 82.7 Å². The highest BCUT2D eigenvalue weighted by atomic mass is 16.5. The van der Waals surface area contributed by atoms with Gasteiger partial charge >= 0.3 is 0 Å². The monoisotopic (exact) mass is 464 g/mol. The number of para-hydroxylation sites is 1. The van der Waals surface area contributed by atoms with Crippen molar-refractivity contribution in [1.29, 1.82) is 10.7 Å². The van der Waals surface area contributed by atoms with Gasteiger partial charge < -0.3 is 15.9 Å². The Bertz CT molecular complexity index is 1520. The number of methoxy groups -OCH3 is 1. The minimum absolute atomic E-state index is 0.0276. The maximum Gasteiger partial charge on any atom is 0.263 e. The Kier molecular flexibility index (Phi) is 6.69. The fourth-order valence-electron chi connectivity index (χ4n) is 4.02. The lowest BCUT2D eigenvalue weighted by Gasteiger charge is -2.19. The molecule has 0 aliphatic rings. The summed E-state index contributed by atoms with van der Waals surface area (Å²) >= 11 is 0. The number of hydrogen-bond donors (Lipinski definition) is 2. The van der Waals surface area contributed by atoms with Crippen LogP contribution in [0.3, 0.4) is 0 Å². The zero-order chi connectivity index (χ0) is 24.9. The summed E-state index contributed by atoms with van der Waals surface area (Å²) in [6.45, 7) is 1.81. The number of fused-ring (bicyclic) bond motifs is 1. The standard InChI is InChI=1S/C27H24N6O2/c1-17(32-26(30)20(15-28)16-29)23-13-19-7-6-10-22(18-11-12-31-24(14-18)35-2)25(19)27(34)33(23)21-8-4-3-5-9-21/h3-15,17,20,28H,1-2H3,(H2,30,32). The molecule has 174 valence electrons. The molecule has 0 amide bonds. The Morgan fingerprint density at radius 3 is 2.66 bits per heavy atom. The van der Waals surface area contributed by atoms with Crippen molar-refractivity contribution in [3.8, 4) is 28.8 Å². The quantitative estimate of drug-likeness (QED) is 0.312. The lowest BCUT2D eigenvalue weighted by Crippen LogP contribution is -2.27. The molecule has 2 aromatic heterocycles. The van der Waals surface area contributed by atoms with Crippen molar-refractivity contribution in [1.82, 2.24) is 9.55 Å². The number of benzene rings is 2. The average Bonchev–Trinajstić information content (AvgIpc) is 2.89. The molecule has 2 heterocycles. The van der Waals surface area contributed by atoms with Gasteiger partial charge in [-0.1, -0.05) is 36.4 Å². The maximum absolute atomic E-state index is 14.1. The number of nitrogens with one attached hydrogen (secondary N) is 1. The van der Waals surface area contributed by atoms with E-state index in [1.165, 1.54) is 0 Å². The molecule has 2 aromatic carbocycles. The lowest BCUT2D eigenvalue weighted by atomic mass is 9.98. The molecular formula is C27H24N6O2. The van der Waals surface area contributed by atoms with Crippen molar-refractivity contribution < 1.29 is 4.74 Å². The highest BCUT2D eigenvalue weighted by Gasteiger charge is 2.20. The predicted octanol–water partition coefficient (Wildman–Crippen LogP) is 4.27. The number of ether oxygens (including phenoxy) is 1. The normalized spacial score (nSPS) is 13.1. The van der Waals surface area contributed by atoms with Crippen LogP contribution in [0.4, 0.5) is 0 Å². The fraction of sp³-hybridized carbons (Fsp3) is 0.148. The molecule has 0 bridgehead atoms. The second kappa shape index (κ2) is 10.0. The van der Waals surface area contributed by atoms with E-state index in [0.717, 1.165) is 22.7 Å². The van der Waals surface area contributed by atoms with E-state index in [1.54, 1.807) is 23.9 Å². The van der Waals surface area contributed by atoms with E-state index in [2.05, 4.69) is 9.98 Å². The molecule has 35 heavy (non-hydrogen) atoms. The summed E-state index contributed by atoms with van der Waals surface area (Å²) < 4.78 is 6.90. The van der Waals surface area contributed by atoms with E-state index in [1.807, 2.05) is 73.7 Å². The summed E-state index contributed by atoms with van der Waals surface area (Å²) in [6, 6.07) is 21.9. The highest BCUT2D eigenvalue weighted by molar-refractivity contribution is 5.98. The third-order valence-electron chi connectivity index (χ3n) is 5.74. The van der Waals surface area contributed by atoms with Crippen molar-refractivity contribution >= 4 is 22.8 Å². The largest absolute Gasteiger partial charge is 0.481 e. The zero-order valence-corrected chi connectivity index (χ0v) is 19.3. The molecule has 8 nitrogen and oxygen atoms in total. The number of nitrogens with two attached hydrogens (primary N) is 1. The Labute approximate surface area is 202 Å². The van der Waals surface area contributed by atoms with Gasteiger partial charge in [-0.25, -0.2) is 4.98 Å². The van der Waals surface area contributed by atoms with E-state index >= 15 is 0 Å². The summed E-state index contributed by atoms with van der Waals surface area (Å²) in [4.78, 5) is 22.7. The third-order valence-corrected chi connectivity index (χ3v) is 5.74. The molecule has 0 saturated heterocycles. The summed E-state index contributed by atoms with van der Waals surface area (Å²) in [5, 5.41) is 18.0. The average molecular weight is 465 g/mol. The molecule has 0 aliphatic carbocycles. The van der Waals surface area contributed by atoms with Crippen LogP contribution < -0.4 is 16.0 Å². The number of nitrogens with zero attached hydrogens (tertiary/aromatic N) is 4. The van der Waals surface area contributed by atoms with Gasteiger partial charge in [-0.2, -0.15) is 5.26 Å². The molecule has 3 N–H and O–H groups in total. The molecule has 0 radical (unpaired) electrons. The Balaban J connectivity index is 2.02. The molecule has 2 atom stereocenters. The van der Waals surface area contributed by atoms with Gasteiger partial charge in [0, 0.05) is 24.2 Å². The summed E-state index contributed by atoms with van der Waals surface area (Å²) in [7, 11) is 1.55. The molecule has 0 spiro atoms. The Morgan fingerprint density at radius 2 is 1.97 bits per heavy atom. The molecule has 0 fully saturated rings. The van der Waals surface area contributed by atoms with E-state index in [0.29, 0.717) is 22.6 Å². The van der Waals surface area contributed by atoms with Gasteiger partial charge in [-0.05, 0) is 47.7 Å². The van der Waals surface area contributed by atoms with Gasteiger partial charge in [0.15, 0.2) is 0 Å². The second-order valence-corrected chi connectivity index (χ2v) is 7.91. The minimum atomic E-state index is -0.928. The zero-order valence-electron chi connectivity index (χ0n) is 19.3. The van der Waals surface area contributed by atoms with Crippen LogP contribution in [-0.2, 0) is 0 Å². The molecule has 0 aliphatic heterocycles. The number of amidine groups is 1. The number of aromatic nitrogens is 2. The van der Waals surface area contributed by atoms with Crippen molar-refractivity contribution in [3.63, 3.8) is 0 Å². The van der Waals surface area contributed by atoms with Crippen molar-refractivity contribution in [2.45, 2.75) is 13.0 Å². The first-order chi connectivity index (χ1) is 17.0. The summed E-state index contributed by atoms with van der Waals surface area (Å²) in [5.41, 5.74) is 8.67. The van der Waals surface area contributed by atoms with Gasteiger partial charge in [0.25, 0.3) is 5.56 Å². The lowest BCUT2D eigenvalue weighted by molar-refractivity contribution is 0.398. The highest BCUT2D eigenvalue weighted by Crippen LogP contribution is 2.31. The van der Waals surface area contributed by atoms with E-state index in [-0.39, 0.29) is 11.4 Å². The number of nitriles is 1. The van der Waals surface area contributed by atoms with Crippen molar-refractivity contribution in [2.24, 2.45) is 16.6 Å². The number of hydrogen-bond acceptors (Lipinski definition) is 6. The van der Waals surface area contributed by atoms with Gasteiger partial charge in [-0.15, -0.1) is 0 Å². The van der Waals surface area contributed by atoms with E-state index < -0.39 is 12.0 Å². The minimum Gasteiger partial charge on any atom is -0.481 e. The molecule has 8 heteroatoms. The van der Waals surface area contributed by atoms with Crippen LogP contribution in [0, 0.1) is 22.7 Å². The van der Waals surface area contributed by atoms with Gasteiger partial charge in [0.2, 0.25) is 5.88 Å². The summed E-state index contributed by atoms with van der Waals surface area (Å²) in [5.74, 6) is -0.445. The fourth-order valence-corrected chi connectivity index (χ4v) is 4.02. The van der Waals surface area contributed by atoms with Crippen LogP contribution in [0.5, 0.6) is 5.88 Å². The van der Waals surface area contributed by atoms with Crippen LogP contribution in [0.1, 0.15) is 18.7 Å². The smallest absolute Gasteiger partial charge is 0.263 e. The third kappa shape index (κ3) is 4.52. The Morgan fingerprint density at radius 1 is 1.20 bits per heavy atom. The van der Waals surface area contributed by atoms with Gasteiger partial charge in [0.1, 0.15) is 11.8 Å². The summed E-state index contributed by atoms with van der Waals surface area (Å²) in [6.07, 6.45) is 2.59. The van der Waals surface area contributed by atoms with E-state index in [4.69, 9.17) is 15.9 Å². The number of rotatable bonds is 7. The molecule has 0 saturated carbocycles. The van der Waals surface area contributed by atoms with Gasteiger partial charge in [0.05, 0.1) is 30.3 Å². The SMILES string of the molecule is COc1cc(-c2cccc3cc(C(C)N=C(N)C(C#N)C=N)n(-c4ccccc4)c(=O)c23)ccn1. The van der Waals surface area contributed by atoms with Crippen LogP contribution >= 0.6 is 0 Å². The number of pyridine rings is 2. The van der Waals surface area contributed by atoms with Crippen LogP contribution in [0.2, 0.25) is 0 Å². The van der Waals surface area contributed by atoms with E-state index in [9.17, 15) is 10.1 Å². The molecule has 4 aromatic rings. The van der Waals surface area contributed by atoms with Crippen LogP contribution in [0.25, 0.3) is 27.6 Å². The first kappa shape index (κ1) is 23.4. The van der Waals surface area contributed by atoms with Crippen LogP contribution in [-0.4, -0.2) is 28.7 Å².